The molecule has 0 unspecified atom stereocenters. The van der Waals surface area contributed by atoms with Crippen molar-refractivity contribution in [2.45, 2.75) is 0 Å². The molecular formula is C19H17F2N5OS. The highest BCUT2D eigenvalue weighted by Crippen LogP contribution is 2.34. The van der Waals surface area contributed by atoms with E-state index in [9.17, 15) is 13.6 Å². The molecule has 0 spiro atoms. The van der Waals surface area contributed by atoms with Crippen LogP contribution in [0.5, 0.6) is 0 Å². The molecule has 2 amide bonds. The van der Waals surface area contributed by atoms with Gasteiger partial charge in [-0.25, -0.2) is 23.5 Å². The van der Waals surface area contributed by atoms with Gasteiger partial charge in [0.1, 0.15) is 11.6 Å². The number of carbonyl (C=O) groups excluding carboxylic acids is 1. The van der Waals surface area contributed by atoms with Gasteiger partial charge in [0, 0.05) is 44.0 Å². The van der Waals surface area contributed by atoms with E-state index in [-0.39, 0.29) is 6.03 Å². The van der Waals surface area contributed by atoms with Crippen molar-refractivity contribution in [2.24, 2.45) is 0 Å². The van der Waals surface area contributed by atoms with Crippen LogP contribution in [0.25, 0.3) is 21.7 Å². The Balaban J connectivity index is 1.60. The van der Waals surface area contributed by atoms with Crippen LogP contribution >= 0.6 is 11.3 Å². The second-order valence-corrected chi connectivity index (χ2v) is 7.18. The van der Waals surface area contributed by atoms with Gasteiger partial charge in [0.15, 0.2) is 0 Å². The van der Waals surface area contributed by atoms with Gasteiger partial charge in [-0.3, -0.25) is 0 Å². The van der Waals surface area contributed by atoms with E-state index in [1.165, 1.54) is 23.5 Å². The molecule has 3 aromatic rings. The third kappa shape index (κ3) is 3.94. The van der Waals surface area contributed by atoms with Gasteiger partial charge in [0.05, 0.1) is 10.6 Å². The fourth-order valence-corrected chi connectivity index (χ4v) is 3.74. The number of anilines is 1. The third-order valence-corrected chi connectivity index (χ3v) is 5.20. The number of thiophene rings is 1. The van der Waals surface area contributed by atoms with Crippen LogP contribution < -0.4 is 10.6 Å². The van der Waals surface area contributed by atoms with Crippen LogP contribution in [0.4, 0.5) is 19.5 Å². The number of nitrogens with zero attached hydrogens (tertiary/aromatic N) is 3. The van der Waals surface area contributed by atoms with Gasteiger partial charge in [0.25, 0.3) is 0 Å². The summed E-state index contributed by atoms with van der Waals surface area (Å²) >= 11 is 1.48. The van der Waals surface area contributed by atoms with E-state index >= 15 is 0 Å². The Morgan fingerprint density at radius 3 is 2.75 bits per heavy atom. The first kappa shape index (κ1) is 18.3. The molecule has 0 atom stereocenters. The monoisotopic (exact) mass is 401 g/mol. The Kier molecular flexibility index (Phi) is 5.16. The summed E-state index contributed by atoms with van der Waals surface area (Å²) < 4.78 is 27.4. The van der Waals surface area contributed by atoms with Gasteiger partial charge in [-0.15, -0.1) is 11.3 Å². The van der Waals surface area contributed by atoms with Crippen LogP contribution in [0.15, 0.2) is 41.9 Å². The van der Waals surface area contributed by atoms with Crippen LogP contribution in [0.2, 0.25) is 0 Å². The molecule has 1 aliphatic heterocycles. The average Bonchev–Trinajstić information content (AvgIpc) is 3.33. The molecule has 6 nitrogen and oxygen atoms in total. The number of halogens is 2. The molecule has 0 bridgehead atoms. The number of rotatable bonds is 6. The molecule has 144 valence electrons. The largest absolute Gasteiger partial charge is 0.352 e. The van der Waals surface area contributed by atoms with Gasteiger partial charge in [0.2, 0.25) is 5.95 Å². The Morgan fingerprint density at radius 1 is 1.25 bits per heavy atom. The summed E-state index contributed by atoms with van der Waals surface area (Å²) in [5.74, 6) is -0.917. The summed E-state index contributed by atoms with van der Waals surface area (Å²) in [6, 6.07) is 7.06. The number of carbonyl (C=O) groups is 1. The predicted octanol–water partition coefficient (Wildman–Crippen LogP) is 3.59. The molecule has 1 aromatic carbocycles. The summed E-state index contributed by atoms with van der Waals surface area (Å²) in [4.78, 5) is 23.0. The van der Waals surface area contributed by atoms with E-state index in [4.69, 9.17) is 0 Å². The molecule has 2 N–H and O–H groups in total. The average molecular weight is 401 g/mol. The van der Waals surface area contributed by atoms with Crippen molar-refractivity contribution in [1.29, 1.82) is 0 Å². The topological polar surface area (TPSA) is 70.2 Å². The second-order valence-electron chi connectivity index (χ2n) is 6.24. The van der Waals surface area contributed by atoms with Gasteiger partial charge < -0.3 is 15.5 Å². The molecule has 1 saturated heterocycles. The zero-order valence-corrected chi connectivity index (χ0v) is 15.6. The minimum absolute atomic E-state index is 0.0783. The van der Waals surface area contributed by atoms with Crippen LogP contribution in [0.3, 0.4) is 0 Å². The van der Waals surface area contributed by atoms with Gasteiger partial charge in [-0.05, 0) is 29.1 Å². The molecule has 1 fully saturated rings. The first-order valence-corrected chi connectivity index (χ1v) is 9.62. The molecule has 0 radical (unpaired) electrons. The van der Waals surface area contributed by atoms with Gasteiger partial charge >= 0.3 is 6.03 Å². The Hall–Kier alpha value is -3.07. The Morgan fingerprint density at radius 2 is 2.07 bits per heavy atom. The number of benzene rings is 1. The lowest BCUT2D eigenvalue weighted by atomic mass is 10.0. The van der Waals surface area contributed by atoms with Gasteiger partial charge in [-0.2, -0.15) is 0 Å². The zero-order chi connectivity index (χ0) is 19.5. The lowest BCUT2D eigenvalue weighted by molar-refractivity contribution is 0.219. The van der Waals surface area contributed by atoms with Crippen molar-refractivity contribution in [3.05, 3.63) is 53.5 Å². The van der Waals surface area contributed by atoms with E-state index in [0.717, 1.165) is 10.9 Å². The van der Waals surface area contributed by atoms with Crippen molar-refractivity contribution < 1.29 is 13.6 Å². The van der Waals surface area contributed by atoms with Crippen molar-refractivity contribution in [2.75, 3.05) is 31.5 Å². The number of amides is 2. The Labute approximate surface area is 164 Å². The lowest BCUT2D eigenvalue weighted by Crippen LogP contribution is -2.32. The summed E-state index contributed by atoms with van der Waals surface area (Å²) in [5, 5.41) is 7.77. The van der Waals surface area contributed by atoms with Gasteiger partial charge in [-0.1, -0.05) is 6.07 Å². The maximum Gasteiger partial charge on any atom is 0.317 e. The van der Waals surface area contributed by atoms with E-state index < -0.39 is 11.6 Å². The summed E-state index contributed by atoms with van der Waals surface area (Å²) in [6.45, 7) is 2.34. The lowest BCUT2D eigenvalue weighted by Gasteiger charge is -2.15. The minimum Gasteiger partial charge on any atom is -0.352 e. The number of aromatic nitrogens is 2. The van der Waals surface area contributed by atoms with E-state index in [1.807, 2.05) is 17.5 Å². The highest BCUT2D eigenvalue weighted by Gasteiger charge is 2.19. The Bertz CT molecular complexity index is 976. The van der Waals surface area contributed by atoms with Crippen LogP contribution in [0, 0.1) is 11.6 Å². The molecule has 3 heterocycles. The maximum atomic E-state index is 13.7. The van der Waals surface area contributed by atoms with Crippen molar-refractivity contribution in [3.8, 4) is 21.7 Å². The molecule has 28 heavy (non-hydrogen) atoms. The highest BCUT2D eigenvalue weighted by atomic mass is 32.1. The third-order valence-electron chi connectivity index (χ3n) is 4.33. The molecule has 0 saturated carbocycles. The quantitative estimate of drug-likeness (QED) is 0.662. The molecule has 4 rings (SSSR count). The summed E-state index contributed by atoms with van der Waals surface area (Å²) in [7, 11) is 0. The van der Waals surface area contributed by atoms with Crippen molar-refractivity contribution in [1.82, 2.24) is 20.2 Å². The number of urea groups is 1. The standard InChI is InChI=1S/C19H17F2N5OS/c20-13-8-12(9-14(21)10-13)15-11-24-18(25-17(15)16-2-1-7-28-16)22-3-5-26-6-4-23-19(26)27/h1-2,7-11H,3-6H2,(H,23,27)(H,22,24,25). The number of hydrogen-bond donors (Lipinski definition) is 2. The van der Waals surface area contributed by atoms with Crippen LogP contribution in [0.1, 0.15) is 0 Å². The van der Waals surface area contributed by atoms with Crippen molar-refractivity contribution >= 4 is 23.3 Å². The van der Waals surface area contributed by atoms with E-state index in [1.54, 1.807) is 11.1 Å². The molecular weight excluding hydrogens is 384 g/mol. The summed E-state index contributed by atoms with van der Waals surface area (Å²) in [5.41, 5.74) is 1.52. The first-order chi connectivity index (χ1) is 13.6. The fraction of sp³-hybridized carbons (Fsp3) is 0.211. The minimum atomic E-state index is -0.654. The smallest absolute Gasteiger partial charge is 0.317 e. The summed E-state index contributed by atoms with van der Waals surface area (Å²) in [6.07, 6.45) is 1.56. The highest BCUT2D eigenvalue weighted by molar-refractivity contribution is 7.13. The molecule has 2 aromatic heterocycles. The van der Waals surface area contributed by atoms with E-state index in [2.05, 4.69) is 20.6 Å². The normalized spacial score (nSPS) is 13.6. The predicted molar refractivity (Wildman–Crippen MR) is 104 cm³/mol. The molecule has 9 heteroatoms. The zero-order valence-electron chi connectivity index (χ0n) is 14.8. The van der Waals surface area contributed by atoms with Crippen LogP contribution in [-0.2, 0) is 0 Å². The van der Waals surface area contributed by atoms with Crippen LogP contribution in [-0.4, -0.2) is 47.1 Å². The number of nitrogens with one attached hydrogen (secondary N) is 2. The first-order valence-electron chi connectivity index (χ1n) is 8.74. The number of hydrogen-bond acceptors (Lipinski definition) is 5. The van der Waals surface area contributed by atoms with Crippen molar-refractivity contribution in [3.63, 3.8) is 0 Å². The maximum absolute atomic E-state index is 13.7. The second kappa shape index (κ2) is 7.89. The molecule has 1 aliphatic rings. The molecule has 0 aliphatic carbocycles. The SMILES string of the molecule is O=C1NCCN1CCNc1ncc(-c2cc(F)cc(F)c2)c(-c2cccs2)n1. The fourth-order valence-electron chi connectivity index (χ4n) is 3.02. The van der Waals surface area contributed by atoms with E-state index in [0.29, 0.717) is 48.9 Å².